The van der Waals surface area contributed by atoms with Crippen LogP contribution >= 0.6 is 0 Å². The van der Waals surface area contributed by atoms with E-state index >= 15 is 0 Å². The Bertz CT molecular complexity index is 669. The second kappa shape index (κ2) is 4.10. The lowest BCUT2D eigenvalue weighted by molar-refractivity contribution is 0.327. The van der Waals surface area contributed by atoms with Crippen molar-refractivity contribution in [1.29, 1.82) is 0 Å². The number of rotatable bonds is 3. The van der Waals surface area contributed by atoms with E-state index in [9.17, 15) is 0 Å². The van der Waals surface area contributed by atoms with Gasteiger partial charge >= 0.3 is 0 Å². The number of anilines is 1. The summed E-state index contributed by atoms with van der Waals surface area (Å²) in [5.74, 6) is 0.569. The van der Waals surface area contributed by atoms with E-state index in [1.54, 1.807) is 4.52 Å². The Hall–Kier alpha value is -2.43. The predicted molar refractivity (Wildman–Crippen MR) is 70.6 cm³/mol. The van der Waals surface area contributed by atoms with Crippen LogP contribution < -0.4 is 10.5 Å². The van der Waals surface area contributed by atoms with Gasteiger partial charge in [-0.15, -0.1) is 0 Å². The van der Waals surface area contributed by atoms with Gasteiger partial charge in [-0.3, -0.25) is 5.10 Å². The molecule has 0 atom stereocenters. The van der Waals surface area contributed by atoms with Gasteiger partial charge in [0.05, 0.1) is 18.5 Å². The number of nitrogen functional groups attached to an aromatic ring is 1. The second-order valence-corrected chi connectivity index (χ2v) is 3.97. The van der Waals surface area contributed by atoms with Crippen molar-refractivity contribution >= 4 is 11.3 Å². The smallest absolute Gasteiger partial charge is 0.234 e. The van der Waals surface area contributed by atoms with Gasteiger partial charge in [0.1, 0.15) is 5.69 Å². The fraction of sp³-hybridized carbons (Fsp3) is 0.154. The molecule has 3 aromatic rings. The van der Waals surface area contributed by atoms with Gasteiger partial charge in [0.15, 0.2) is 5.65 Å². The molecule has 0 amide bonds. The summed E-state index contributed by atoms with van der Waals surface area (Å²) < 4.78 is 7.16. The zero-order valence-corrected chi connectivity index (χ0v) is 10.1. The molecule has 3 N–H and O–H groups in total. The summed E-state index contributed by atoms with van der Waals surface area (Å²) in [5.41, 5.74) is 9.16. The molecule has 0 radical (unpaired) electrons. The van der Waals surface area contributed by atoms with E-state index in [1.165, 1.54) is 0 Å². The van der Waals surface area contributed by atoms with Crippen LogP contribution in [-0.4, -0.2) is 21.2 Å². The maximum atomic E-state index is 5.98. The maximum Gasteiger partial charge on any atom is 0.234 e. The van der Waals surface area contributed by atoms with Gasteiger partial charge in [-0.2, -0.15) is 0 Å². The Morgan fingerprint density at radius 2 is 2.11 bits per heavy atom. The molecule has 5 heteroatoms. The summed E-state index contributed by atoms with van der Waals surface area (Å²) in [5, 5.41) is 3.06. The van der Waals surface area contributed by atoms with Crippen LogP contribution in [0.2, 0.25) is 0 Å². The largest absolute Gasteiger partial charge is 0.477 e. The van der Waals surface area contributed by atoms with E-state index in [4.69, 9.17) is 10.5 Å². The monoisotopic (exact) mass is 242 g/mol. The molecule has 0 aliphatic carbocycles. The molecule has 3 rings (SSSR count). The fourth-order valence-corrected chi connectivity index (χ4v) is 1.93. The van der Waals surface area contributed by atoms with Gasteiger partial charge in [0.25, 0.3) is 0 Å². The highest BCUT2D eigenvalue weighted by molar-refractivity contribution is 5.74. The number of benzene rings is 1. The minimum Gasteiger partial charge on any atom is -0.477 e. The predicted octanol–water partition coefficient (Wildman–Crippen LogP) is 2.31. The molecule has 0 saturated carbocycles. The Morgan fingerprint density at radius 1 is 1.33 bits per heavy atom. The van der Waals surface area contributed by atoms with Crippen molar-refractivity contribution in [2.45, 2.75) is 6.92 Å². The highest BCUT2D eigenvalue weighted by Crippen LogP contribution is 2.27. The fourth-order valence-electron chi connectivity index (χ4n) is 1.93. The summed E-state index contributed by atoms with van der Waals surface area (Å²) >= 11 is 0. The summed E-state index contributed by atoms with van der Waals surface area (Å²) in [6.07, 6.45) is 1.91. The van der Waals surface area contributed by atoms with Crippen LogP contribution in [0.3, 0.4) is 0 Å². The molecular weight excluding hydrogens is 228 g/mol. The number of aromatic amines is 1. The molecule has 0 aliphatic heterocycles. The van der Waals surface area contributed by atoms with E-state index in [0.717, 1.165) is 11.3 Å². The Morgan fingerprint density at radius 3 is 2.78 bits per heavy atom. The third kappa shape index (κ3) is 1.60. The first-order chi connectivity index (χ1) is 8.79. The number of H-pyrrole nitrogens is 1. The van der Waals surface area contributed by atoms with Crippen LogP contribution in [0.1, 0.15) is 6.92 Å². The number of imidazole rings is 1. The first-order valence-electron chi connectivity index (χ1n) is 5.84. The van der Waals surface area contributed by atoms with Crippen LogP contribution in [0, 0.1) is 0 Å². The third-order valence-electron chi connectivity index (χ3n) is 2.77. The molecule has 5 nitrogen and oxygen atoms in total. The van der Waals surface area contributed by atoms with Crippen molar-refractivity contribution in [3.8, 4) is 17.1 Å². The number of nitrogens with one attached hydrogen (secondary N) is 1. The minimum atomic E-state index is 0.541. The minimum absolute atomic E-state index is 0.541. The molecule has 92 valence electrons. The second-order valence-electron chi connectivity index (χ2n) is 3.97. The van der Waals surface area contributed by atoms with E-state index in [1.807, 2.05) is 43.5 Å². The number of hydrogen-bond acceptors (Lipinski definition) is 3. The van der Waals surface area contributed by atoms with Crippen LogP contribution in [0.5, 0.6) is 5.88 Å². The third-order valence-corrected chi connectivity index (χ3v) is 2.77. The number of ether oxygens (including phenoxy) is 1. The molecule has 0 aliphatic rings. The Balaban J connectivity index is 2.08. The molecule has 18 heavy (non-hydrogen) atoms. The highest BCUT2D eigenvalue weighted by atomic mass is 16.5. The van der Waals surface area contributed by atoms with Crippen molar-refractivity contribution in [2.75, 3.05) is 12.3 Å². The van der Waals surface area contributed by atoms with Crippen molar-refractivity contribution in [2.24, 2.45) is 0 Å². The van der Waals surface area contributed by atoms with Crippen molar-refractivity contribution < 1.29 is 4.74 Å². The summed E-state index contributed by atoms with van der Waals surface area (Å²) in [6.45, 7) is 2.48. The number of hydrogen-bond donors (Lipinski definition) is 2. The average molecular weight is 242 g/mol. The molecule has 0 saturated heterocycles. The quantitative estimate of drug-likeness (QED) is 0.740. The van der Waals surface area contributed by atoms with Gasteiger partial charge in [0.2, 0.25) is 5.88 Å². The van der Waals surface area contributed by atoms with Crippen LogP contribution in [0.15, 0.2) is 36.5 Å². The average Bonchev–Trinajstić information content (AvgIpc) is 2.93. The molecule has 0 spiro atoms. The molecule has 0 bridgehead atoms. The summed E-state index contributed by atoms with van der Waals surface area (Å²) in [6, 6.07) is 9.98. The van der Waals surface area contributed by atoms with Crippen LogP contribution in [0.25, 0.3) is 16.9 Å². The van der Waals surface area contributed by atoms with E-state index < -0.39 is 0 Å². The van der Waals surface area contributed by atoms with Crippen LogP contribution in [-0.2, 0) is 0 Å². The zero-order chi connectivity index (χ0) is 12.5. The lowest BCUT2D eigenvalue weighted by atomic mass is 10.2. The SMILES string of the molecule is CCOc1[nH]n2cc(-c3ccccc3)nc2c1N. The number of fused-ring (bicyclic) bond motifs is 1. The number of aromatic nitrogens is 3. The topological polar surface area (TPSA) is 68.3 Å². The molecule has 0 fully saturated rings. The van der Waals surface area contributed by atoms with E-state index in [2.05, 4.69) is 10.1 Å². The van der Waals surface area contributed by atoms with Crippen molar-refractivity contribution in [3.05, 3.63) is 36.5 Å². The molecule has 1 aromatic carbocycles. The number of nitrogens with two attached hydrogens (primary N) is 1. The Labute approximate surface area is 104 Å². The summed E-state index contributed by atoms with van der Waals surface area (Å²) in [4.78, 5) is 4.51. The highest BCUT2D eigenvalue weighted by Gasteiger charge is 2.13. The van der Waals surface area contributed by atoms with Gasteiger partial charge in [-0.1, -0.05) is 30.3 Å². The van der Waals surface area contributed by atoms with Gasteiger partial charge in [-0.05, 0) is 6.92 Å². The van der Waals surface area contributed by atoms with Gasteiger partial charge in [-0.25, -0.2) is 9.50 Å². The van der Waals surface area contributed by atoms with Crippen molar-refractivity contribution in [3.63, 3.8) is 0 Å². The van der Waals surface area contributed by atoms with Crippen LogP contribution in [0.4, 0.5) is 5.69 Å². The van der Waals surface area contributed by atoms with Gasteiger partial charge in [0, 0.05) is 5.56 Å². The lowest BCUT2D eigenvalue weighted by Gasteiger charge is -1.99. The standard InChI is InChI=1S/C13H14N4O/c1-2-18-13-11(14)12-15-10(8-17(12)16-13)9-6-4-3-5-7-9/h3-8,16H,2,14H2,1H3. The van der Waals surface area contributed by atoms with Crippen molar-refractivity contribution in [1.82, 2.24) is 14.6 Å². The van der Waals surface area contributed by atoms with E-state index in [-0.39, 0.29) is 0 Å². The zero-order valence-electron chi connectivity index (χ0n) is 10.1. The molecule has 2 heterocycles. The molecule has 2 aromatic heterocycles. The lowest BCUT2D eigenvalue weighted by Crippen LogP contribution is -1.95. The first kappa shape index (κ1) is 10.7. The Kier molecular flexibility index (Phi) is 2.44. The first-order valence-corrected chi connectivity index (χ1v) is 5.84. The van der Waals surface area contributed by atoms with Gasteiger partial charge < -0.3 is 10.5 Å². The number of nitrogens with zero attached hydrogens (tertiary/aromatic N) is 2. The normalized spacial score (nSPS) is 10.9. The summed E-state index contributed by atoms with van der Waals surface area (Å²) in [7, 11) is 0. The maximum absolute atomic E-state index is 5.98. The molecule has 0 unspecified atom stereocenters. The molecular formula is C13H14N4O. The van der Waals surface area contributed by atoms with E-state index in [0.29, 0.717) is 23.8 Å².